The maximum Gasteiger partial charge on any atom is 0.227 e. The number of hydrogen-bond acceptors (Lipinski definition) is 4. The Morgan fingerprint density at radius 1 is 1.40 bits per heavy atom. The molecule has 0 amide bonds. The van der Waals surface area contributed by atoms with E-state index >= 15 is 0 Å². The minimum atomic E-state index is 0.426. The molecule has 0 unspecified atom stereocenters. The van der Waals surface area contributed by atoms with Gasteiger partial charge in [0.15, 0.2) is 5.16 Å². The summed E-state index contributed by atoms with van der Waals surface area (Å²) in [6, 6.07) is 2.02. The maximum absolute atomic E-state index is 5.44. The number of hydrogen-bond donors (Lipinski definition) is 2. The SMILES string of the molecule is CCOc1nc(S)nc2[nH]c(CC)cc12. The molecule has 0 saturated carbocycles. The third-order valence-corrected chi connectivity index (χ3v) is 2.36. The zero-order chi connectivity index (χ0) is 10.8. The molecule has 2 heterocycles. The van der Waals surface area contributed by atoms with Crippen LogP contribution in [0.3, 0.4) is 0 Å². The molecule has 1 N–H and O–H groups in total. The topological polar surface area (TPSA) is 50.8 Å². The van der Waals surface area contributed by atoms with Crippen molar-refractivity contribution in [2.24, 2.45) is 0 Å². The molecule has 2 rings (SSSR count). The third-order valence-electron chi connectivity index (χ3n) is 2.16. The number of nitrogens with one attached hydrogen (secondary N) is 1. The second-order valence-corrected chi connectivity index (χ2v) is 3.57. The van der Waals surface area contributed by atoms with Gasteiger partial charge in [-0.1, -0.05) is 6.92 Å². The van der Waals surface area contributed by atoms with E-state index in [4.69, 9.17) is 4.74 Å². The van der Waals surface area contributed by atoms with Crippen molar-refractivity contribution in [2.45, 2.75) is 25.4 Å². The van der Waals surface area contributed by atoms with Crippen LogP contribution in [0.2, 0.25) is 0 Å². The van der Waals surface area contributed by atoms with E-state index in [0.717, 1.165) is 23.1 Å². The molecule has 15 heavy (non-hydrogen) atoms. The summed E-state index contributed by atoms with van der Waals surface area (Å²) in [7, 11) is 0. The van der Waals surface area contributed by atoms with E-state index in [-0.39, 0.29) is 0 Å². The van der Waals surface area contributed by atoms with Crippen molar-refractivity contribution in [1.82, 2.24) is 15.0 Å². The minimum absolute atomic E-state index is 0.426. The Morgan fingerprint density at radius 2 is 2.20 bits per heavy atom. The van der Waals surface area contributed by atoms with Crippen LogP contribution in [0, 0.1) is 0 Å². The van der Waals surface area contributed by atoms with Gasteiger partial charge in [-0.2, -0.15) is 4.98 Å². The molecule has 0 aliphatic carbocycles. The van der Waals surface area contributed by atoms with Crippen LogP contribution in [-0.2, 0) is 6.42 Å². The highest BCUT2D eigenvalue weighted by molar-refractivity contribution is 7.80. The fourth-order valence-corrected chi connectivity index (χ4v) is 1.65. The highest BCUT2D eigenvalue weighted by Crippen LogP contribution is 2.24. The molecule has 2 aromatic heterocycles. The average molecular weight is 223 g/mol. The highest BCUT2D eigenvalue weighted by atomic mass is 32.1. The number of aryl methyl sites for hydroxylation is 1. The predicted octanol–water partition coefficient (Wildman–Crippen LogP) is 2.21. The van der Waals surface area contributed by atoms with Crippen LogP contribution in [0.25, 0.3) is 11.0 Å². The molecular formula is C10H13N3OS. The summed E-state index contributed by atoms with van der Waals surface area (Å²) in [5, 5.41) is 1.35. The number of H-pyrrole nitrogens is 1. The van der Waals surface area contributed by atoms with Crippen LogP contribution in [0.15, 0.2) is 11.2 Å². The summed E-state index contributed by atoms with van der Waals surface area (Å²) >= 11 is 4.14. The lowest BCUT2D eigenvalue weighted by Crippen LogP contribution is -1.96. The smallest absolute Gasteiger partial charge is 0.227 e. The van der Waals surface area contributed by atoms with Crippen molar-refractivity contribution in [3.63, 3.8) is 0 Å². The van der Waals surface area contributed by atoms with Crippen LogP contribution in [0.1, 0.15) is 19.5 Å². The van der Waals surface area contributed by atoms with Crippen molar-refractivity contribution >= 4 is 23.7 Å². The molecule has 0 spiro atoms. The normalized spacial score (nSPS) is 10.9. The molecule has 0 aromatic carbocycles. The first kappa shape index (κ1) is 10.3. The first-order valence-electron chi connectivity index (χ1n) is 4.96. The number of fused-ring (bicyclic) bond motifs is 1. The second-order valence-electron chi connectivity index (χ2n) is 3.17. The van der Waals surface area contributed by atoms with Crippen LogP contribution in [0.4, 0.5) is 0 Å². The number of rotatable bonds is 3. The van der Waals surface area contributed by atoms with Crippen LogP contribution < -0.4 is 4.74 Å². The Bertz CT molecular complexity index is 481. The molecule has 4 nitrogen and oxygen atoms in total. The van der Waals surface area contributed by atoms with Crippen molar-refractivity contribution in [2.75, 3.05) is 6.61 Å². The van der Waals surface area contributed by atoms with Gasteiger partial charge < -0.3 is 9.72 Å². The van der Waals surface area contributed by atoms with Crippen molar-refractivity contribution in [3.05, 3.63) is 11.8 Å². The molecule has 2 aromatic rings. The van der Waals surface area contributed by atoms with Crippen LogP contribution in [-0.4, -0.2) is 21.6 Å². The third kappa shape index (κ3) is 1.92. The zero-order valence-electron chi connectivity index (χ0n) is 8.74. The van der Waals surface area contributed by atoms with Crippen LogP contribution >= 0.6 is 12.6 Å². The maximum atomic E-state index is 5.44. The molecule has 0 radical (unpaired) electrons. The summed E-state index contributed by atoms with van der Waals surface area (Å²) < 4.78 is 5.44. The van der Waals surface area contributed by atoms with Crippen molar-refractivity contribution < 1.29 is 4.74 Å². The van der Waals surface area contributed by atoms with Gasteiger partial charge in [0, 0.05) is 5.69 Å². The van der Waals surface area contributed by atoms with Gasteiger partial charge in [-0.15, -0.1) is 12.6 Å². The molecular weight excluding hydrogens is 210 g/mol. The van der Waals surface area contributed by atoms with Gasteiger partial charge >= 0.3 is 0 Å². The van der Waals surface area contributed by atoms with E-state index in [1.807, 2.05) is 13.0 Å². The molecule has 0 aliphatic rings. The van der Waals surface area contributed by atoms with Gasteiger partial charge in [0.25, 0.3) is 0 Å². The Balaban J connectivity index is 2.61. The van der Waals surface area contributed by atoms with Crippen LogP contribution in [0.5, 0.6) is 5.88 Å². The predicted molar refractivity (Wildman–Crippen MR) is 61.7 cm³/mol. The van der Waals surface area contributed by atoms with E-state index in [9.17, 15) is 0 Å². The second kappa shape index (κ2) is 4.10. The number of ether oxygens (including phenoxy) is 1. The van der Waals surface area contributed by atoms with E-state index in [2.05, 4.69) is 34.5 Å². The summed E-state index contributed by atoms with van der Waals surface area (Å²) in [5.41, 5.74) is 1.91. The van der Waals surface area contributed by atoms with E-state index < -0.39 is 0 Å². The molecule has 0 fully saturated rings. The average Bonchev–Trinajstić information content (AvgIpc) is 2.61. The lowest BCUT2D eigenvalue weighted by atomic mass is 10.3. The van der Waals surface area contributed by atoms with Gasteiger partial charge in [-0.25, -0.2) is 4.98 Å². The summed E-state index contributed by atoms with van der Waals surface area (Å²) in [4.78, 5) is 11.6. The highest BCUT2D eigenvalue weighted by Gasteiger charge is 2.09. The molecule has 80 valence electrons. The molecule has 5 heteroatoms. The van der Waals surface area contributed by atoms with Gasteiger partial charge in [0.1, 0.15) is 5.65 Å². The van der Waals surface area contributed by atoms with Gasteiger partial charge in [0.2, 0.25) is 5.88 Å². The largest absolute Gasteiger partial charge is 0.477 e. The standard InChI is InChI=1S/C10H13N3OS/c1-3-6-5-7-8(11-6)12-10(15)13-9(7)14-4-2/h5H,3-4H2,1-2H3,(H2,11,12,13,15). The zero-order valence-corrected chi connectivity index (χ0v) is 9.64. The lowest BCUT2D eigenvalue weighted by molar-refractivity contribution is 0.328. The molecule has 0 atom stereocenters. The number of aromatic nitrogens is 3. The first-order chi connectivity index (χ1) is 7.24. The van der Waals surface area contributed by atoms with Gasteiger partial charge in [-0.05, 0) is 19.4 Å². The number of nitrogens with zero attached hydrogens (tertiary/aromatic N) is 2. The molecule has 0 aliphatic heterocycles. The Hall–Kier alpha value is -1.23. The Kier molecular flexibility index (Phi) is 2.81. The van der Waals surface area contributed by atoms with Gasteiger partial charge in [0.05, 0.1) is 12.0 Å². The lowest BCUT2D eigenvalue weighted by Gasteiger charge is -2.02. The minimum Gasteiger partial charge on any atom is -0.477 e. The summed E-state index contributed by atoms with van der Waals surface area (Å²) in [6.07, 6.45) is 0.934. The quantitative estimate of drug-likeness (QED) is 0.619. The molecule has 0 bridgehead atoms. The van der Waals surface area contributed by atoms with Gasteiger partial charge in [-0.3, -0.25) is 0 Å². The summed E-state index contributed by atoms with van der Waals surface area (Å²) in [6.45, 7) is 4.60. The fourth-order valence-electron chi connectivity index (χ4n) is 1.46. The van der Waals surface area contributed by atoms with E-state index in [0.29, 0.717) is 17.6 Å². The van der Waals surface area contributed by atoms with E-state index in [1.54, 1.807) is 0 Å². The van der Waals surface area contributed by atoms with E-state index in [1.165, 1.54) is 0 Å². The Labute approximate surface area is 93.5 Å². The van der Waals surface area contributed by atoms with Crippen molar-refractivity contribution in [1.29, 1.82) is 0 Å². The summed E-state index contributed by atoms with van der Waals surface area (Å²) in [5.74, 6) is 0.600. The van der Waals surface area contributed by atoms with Crippen molar-refractivity contribution in [3.8, 4) is 5.88 Å². The number of aromatic amines is 1. The fraction of sp³-hybridized carbons (Fsp3) is 0.400. The Morgan fingerprint density at radius 3 is 2.87 bits per heavy atom. The monoisotopic (exact) mass is 223 g/mol. The molecule has 0 saturated heterocycles. The first-order valence-corrected chi connectivity index (χ1v) is 5.40. The number of thiol groups is 1.